The molecule has 2 heteroatoms. The largest absolute Gasteiger partial charge is 0.468 e. The van der Waals surface area contributed by atoms with E-state index in [0.29, 0.717) is 0 Å². The molecule has 2 aromatic heterocycles. The Hall–Kier alpha value is -1.88. The standard InChI is InChI=1S/C12H10O2/c1-2-5-10(11-6-3-8-13-11)12-7-4-9-14-12/h3-4,6-10H,1H3. The van der Waals surface area contributed by atoms with Gasteiger partial charge in [0.1, 0.15) is 17.4 Å². The van der Waals surface area contributed by atoms with Gasteiger partial charge in [-0.3, -0.25) is 0 Å². The molecule has 0 bridgehead atoms. The Bertz CT molecular complexity index is 392. The zero-order valence-electron chi connectivity index (χ0n) is 7.86. The first-order chi connectivity index (χ1) is 6.92. The summed E-state index contributed by atoms with van der Waals surface area (Å²) in [4.78, 5) is 0. The Kier molecular flexibility index (Phi) is 2.42. The highest BCUT2D eigenvalue weighted by molar-refractivity contribution is 5.30. The third kappa shape index (κ3) is 1.57. The van der Waals surface area contributed by atoms with Crippen molar-refractivity contribution in [3.63, 3.8) is 0 Å². The SMILES string of the molecule is CC#CC(c1ccco1)c1ccco1. The summed E-state index contributed by atoms with van der Waals surface area (Å²) in [6, 6.07) is 7.50. The summed E-state index contributed by atoms with van der Waals surface area (Å²) in [6.07, 6.45) is 3.28. The highest BCUT2D eigenvalue weighted by Gasteiger charge is 2.16. The van der Waals surface area contributed by atoms with Crippen molar-refractivity contribution in [2.24, 2.45) is 0 Å². The summed E-state index contributed by atoms with van der Waals surface area (Å²) in [5, 5.41) is 0. The van der Waals surface area contributed by atoms with Crippen molar-refractivity contribution >= 4 is 0 Å². The normalized spacial score (nSPS) is 9.86. The van der Waals surface area contributed by atoms with Crippen LogP contribution in [0.5, 0.6) is 0 Å². The lowest BCUT2D eigenvalue weighted by Crippen LogP contribution is -1.94. The third-order valence-corrected chi connectivity index (χ3v) is 1.94. The van der Waals surface area contributed by atoms with Gasteiger partial charge in [-0.15, -0.1) is 5.92 Å². The van der Waals surface area contributed by atoms with Crippen LogP contribution >= 0.6 is 0 Å². The number of hydrogen-bond donors (Lipinski definition) is 0. The zero-order chi connectivity index (χ0) is 9.80. The molecule has 0 aliphatic carbocycles. The van der Waals surface area contributed by atoms with Crippen molar-refractivity contribution in [2.75, 3.05) is 0 Å². The molecule has 2 nitrogen and oxygen atoms in total. The first-order valence-electron chi connectivity index (χ1n) is 4.41. The van der Waals surface area contributed by atoms with E-state index in [0.717, 1.165) is 11.5 Å². The summed E-state index contributed by atoms with van der Waals surface area (Å²) in [7, 11) is 0. The first kappa shape index (κ1) is 8.71. The molecule has 0 N–H and O–H groups in total. The molecule has 2 rings (SSSR count). The van der Waals surface area contributed by atoms with Crippen LogP contribution in [-0.4, -0.2) is 0 Å². The number of furan rings is 2. The van der Waals surface area contributed by atoms with Gasteiger partial charge < -0.3 is 8.83 Å². The molecule has 0 radical (unpaired) electrons. The van der Waals surface area contributed by atoms with Gasteiger partial charge in [0.25, 0.3) is 0 Å². The van der Waals surface area contributed by atoms with Crippen molar-refractivity contribution in [2.45, 2.75) is 12.8 Å². The molecule has 2 heterocycles. The molecule has 70 valence electrons. The number of rotatable bonds is 2. The molecule has 2 aromatic rings. The summed E-state index contributed by atoms with van der Waals surface area (Å²) in [6.45, 7) is 1.80. The molecule has 0 amide bonds. The van der Waals surface area contributed by atoms with Gasteiger partial charge in [0.15, 0.2) is 0 Å². The van der Waals surface area contributed by atoms with E-state index in [1.165, 1.54) is 0 Å². The van der Waals surface area contributed by atoms with E-state index in [2.05, 4.69) is 11.8 Å². The summed E-state index contributed by atoms with van der Waals surface area (Å²) in [5.74, 6) is 7.46. The van der Waals surface area contributed by atoms with E-state index in [1.54, 1.807) is 19.5 Å². The molecular formula is C12H10O2. The molecule has 0 saturated carbocycles. The smallest absolute Gasteiger partial charge is 0.136 e. The van der Waals surface area contributed by atoms with Crippen LogP contribution in [0.3, 0.4) is 0 Å². The summed E-state index contributed by atoms with van der Waals surface area (Å²) < 4.78 is 10.6. The van der Waals surface area contributed by atoms with Gasteiger partial charge >= 0.3 is 0 Å². The minimum absolute atomic E-state index is 0.0926. The van der Waals surface area contributed by atoms with Crippen molar-refractivity contribution in [3.8, 4) is 11.8 Å². The Labute approximate surface area is 82.5 Å². The van der Waals surface area contributed by atoms with Gasteiger partial charge in [-0.2, -0.15) is 0 Å². The van der Waals surface area contributed by atoms with E-state index in [1.807, 2.05) is 24.3 Å². The van der Waals surface area contributed by atoms with Crippen LogP contribution < -0.4 is 0 Å². The van der Waals surface area contributed by atoms with Crippen LogP contribution in [0.25, 0.3) is 0 Å². The monoisotopic (exact) mass is 186 g/mol. The molecule has 0 aromatic carbocycles. The predicted molar refractivity (Wildman–Crippen MR) is 52.7 cm³/mol. The quantitative estimate of drug-likeness (QED) is 0.674. The molecule has 0 saturated heterocycles. The summed E-state index contributed by atoms with van der Waals surface area (Å²) >= 11 is 0. The molecule has 0 spiro atoms. The van der Waals surface area contributed by atoms with Crippen LogP contribution in [0.4, 0.5) is 0 Å². The van der Waals surface area contributed by atoms with E-state index in [4.69, 9.17) is 8.83 Å². The van der Waals surface area contributed by atoms with Gasteiger partial charge in [-0.25, -0.2) is 0 Å². The van der Waals surface area contributed by atoms with Gasteiger partial charge in [0.05, 0.1) is 12.5 Å². The lowest BCUT2D eigenvalue weighted by molar-refractivity contribution is 0.458. The van der Waals surface area contributed by atoms with Crippen molar-refractivity contribution < 1.29 is 8.83 Å². The van der Waals surface area contributed by atoms with E-state index in [-0.39, 0.29) is 5.92 Å². The highest BCUT2D eigenvalue weighted by atomic mass is 16.3. The molecule has 0 unspecified atom stereocenters. The fourth-order valence-electron chi connectivity index (χ4n) is 1.34. The maximum Gasteiger partial charge on any atom is 0.136 e. The van der Waals surface area contributed by atoms with Crippen molar-refractivity contribution in [1.82, 2.24) is 0 Å². The second kappa shape index (κ2) is 3.89. The minimum Gasteiger partial charge on any atom is -0.468 e. The molecular weight excluding hydrogens is 176 g/mol. The average molecular weight is 186 g/mol. The Morgan fingerprint density at radius 1 is 1.07 bits per heavy atom. The maximum atomic E-state index is 5.31. The average Bonchev–Trinajstić information content (AvgIpc) is 2.87. The van der Waals surface area contributed by atoms with Gasteiger partial charge in [-0.05, 0) is 31.2 Å². The Morgan fingerprint density at radius 2 is 1.64 bits per heavy atom. The number of hydrogen-bond acceptors (Lipinski definition) is 2. The molecule has 0 atom stereocenters. The summed E-state index contributed by atoms with van der Waals surface area (Å²) in [5.41, 5.74) is 0. The topological polar surface area (TPSA) is 26.3 Å². The molecule has 0 aliphatic heterocycles. The maximum absolute atomic E-state index is 5.31. The van der Waals surface area contributed by atoms with Gasteiger partial charge in [0, 0.05) is 0 Å². The van der Waals surface area contributed by atoms with Gasteiger partial charge in [-0.1, -0.05) is 5.92 Å². The fraction of sp³-hybridized carbons (Fsp3) is 0.167. The van der Waals surface area contributed by atoms with E-state index in [9.17, 15) is 0 Å². The fourth-order valence-corrected chi connectivity index (χ4v) is 1.34. The Balaban J connectivity index is 2.38. The molecule has 0 fully saturated rings. The van der Waals surface area contributed by atoms with Crippen LogP contribution in [0.15, 0.2) is 45.6 Å². The third-order valence-electron chi connectivity index (χ3n) is 1.94. The minimum atomic E-state index is -0.0926. The molecule has 14 heavy (non-hydrogen) atoms. The lowest BCUT2D eigenvalue weighted by atomic mass is 10.0. The van der Waals surface area contributed by atoms with Crippen LogP contribution in [0, 0.1) is 11.8 Å². The van der Waals surface area contributed by atoms with E-state index >= 15 is 0 Å². The van der Waals surface area contributed by atoms with Crippen molar-refractivity contribution in [3.05, 3.63) is 48.3 Å². The van der Waals surface area contributed by atoms with E-state index < -0.39 is 0 Å². The van der Waals surface area contributed by atoms with Gasteiger partial charge in [0.2, 0.25) is 0 Å². The second-order valence-corrected chi connectivity index (χ2v) is 2.86. The van der Waals surface area contributed by atoms with Crippen LogP contribution in [-0.2, 0) is 0 Å². The van der Waals surface area contributed by atoms with Crippen LogP contribution in [0.2, 0.25) is 0 Å². The predicted octanol–water partition coefficient (Wildman–Crippen LogP) is 3.03. The first-order valence-corrected chi connectivity index (χ1v) is 4.41. The molecule has 0 aliphatic rings. The lowest BCUT2D eigenvalue weighted by Gasteiger charge is -2.02. The Morgan fingerprint density at radius 3 is 2.00 bits per heavy atom. The van der Waals surface area contributed by atoms with Crippen LogP contribution in [0.1, 0.15) is 24.4 Å². The highest BCUT2D eigenvalue weighted by Crippen LogP contribution is 2.24. The second-order valence-electron chi connectivity index (χ2n) is 2.86. The van der Waals surface area contributed by atoms with Crippen molar-refractivity contribution in [1.29, 1.82) is 0 Å². The zero-order valence-corrected chi connectivity index (χ0v) is 7.86.